The number of benzene rings is 2. The molecule has 28 heavy (non-hydrogen) atoms. The largest absolute Gasteiger partial charge is 0.496 e. The average Bonchev–Trinajstić information content (AvgIpc) is 2.94. The number of fused-ring (bicyclic) bond motifs is 1. The van der Waals surface area contributed by atoms with E-state index < -0.39 is 10.0 Å². The number of carbonyl (C=O) groups excluding carboxylic acids is 1. The Hall–Kier alpha value is -2.58. The average molecular weight is 423 g/mol. The monoisotopic (exact) mass is 422 g/mol. The van der Waals surface area contributed by atoms with Crippen molar-refractivity contribution in [3.8, 4) is 5.75 Å². The number of esters is 1. The molecular weight excluding hydrogens is 404 g/mol. The SMILES string of the molecule is COc1ccc(Cl)cc1COC(=O)CCCN=C1NS(=O)(=O)c2ccccc21. The van der Waals surface area contributed by atoms with Gasteiger partial charge in [0.25, 0.3) is 10.0 Å². The first-order valence-electron chi connectivity index (χ1n) is 8.55. The summed E-state index contributed by atoms with van der Waals surface area (Å²) in [4.78, 5) is 16.4. The van der Waals surface area contributed by atoms with Crippen LogP contribution in [0.2, 0.25) is 5.02 Å². The van der Waals surface area contributed by atoms with E-state index in [0.29, 0.717) is 40.7 Å². The maximum atomic E-state index is 12.0. The predicted octanol–water partition coefficient (Wildman–Crippen LogP) is 2.91. The van der Waals surface area contributed by atoms with Gasteiger partial charge in [-0.3, -0.25) is 14.5 Å². The topological polar surface area (TPSA) is 94.1 Å². The molecule has 148 valence electrons. The van der Waals surface area contributed by atoms with Crippen molar-refractivity contribution in [1.29, 1.82) is 0 Å². The van der Waals surface area contributed by atoms with Crippen LogP contribution in [0.1, 0.15) is 24.0 Å². The molecule has 0 fully saturated rings. The van der Waals surface area contributed by atoms with Crippen LogP contribution in [0, 0.1) is 0 Å². The van der Waals surface area contributed by atoms with Crippen LogP contribution in [0.15, 0.2) is 52.4 Å². The molecule has 3 rings (SSSR count). The molecule has 7 nitrogen and oxygen atoms in total. The Kier molecular flexibility index (Phi) is 6.21. The van der Waals surface area contributed by atoms with Gasteiger partial charge in [-0.1, -0.05) is 23.7 Å². The van der Waals surface area contributed by atoms with E-state index in [1.807, 2.05) is 0 Å². The van der Waals surface area contributed by atoms with Gasteiger partial charge in [-0.2, -0.15) is 0 Å². The maximum absolute atomic E-state index is 12.0. The summed E-state index contributed by atoms with van der Waals surface area (Å²) in [5, 5.41) is 0.530. The number of sulfonamides is 1. The summed E-state index contributed by atoms with van der Waals surface area (Å²) >= 11 is 5.95. The van der Waals surface area contributed by atoms with Gasteiger partial charge >= 0.3 is 5.97 Å². The van der Waals surface area contributed by atoms with Crippen LogP contribution >= 0.6 is 11.6 Å². The van der Waals surface area contributed by atoms with E-state index in [1.165, 1.54) is 13.2 Å². The number of nitrogens with zero attached hydrogens (tertiary/aromatic N) is 1. The molecule has 0 amide bonds. The summed E-state index contributed by atoms with van der Waals surface area (Å²) in [6.07, 6.45) is 0.590. The van der Waals surface area contributed by atoms with E-state index in [2.05, 4.69) is 9.71 Å². The van der Waals surface area contributed by atoms with Crippen molar-refractivity contribution in [3.05, 3.63) is 58.6 Å². The molecular formula is C19H19ClN2O5S. The highest BCUT2D eigenvalue weighted by molar-refractivity contribution is 7.90. The Bertz CT molecular complexity index is 1020. The highest BCUT2D eigenvalue weighted by Gasteiger charge is 2.29. The Balaban J connectivity index is 1.50. The molecule has 1 N–H and O–H groups in total. The maximum Gasteiger partial charge on any atom is 0.306 e. The lowest BCUT2D eigenvalue weighted by atomic mass is 10.2. The molecule has 1 aliphatic rings. The molecule has 1 heterocycles. The number of methoxy groups -OCH3 is 1. The van der Waals surface area contributed by atoms with Crippen LogP contribution in [-0.4, -0.2) is 33.9 Å². The van der Waals surface area contributed by atoms with Gasteiger partial charge in [-0.15, -0.1) is 0 Å². The summed E-state index contributed by atoms with van der Waals surface area (Å²) < 4.78 is 36.9. The Morgan fingerprint density at radius 3 is 2.79 bits per heavy atom. The van der Waals surface area contributed by atoms with Gasteiger partial charge in [0.05, 0.1) is 12.0 Å². The van der Waals surface area contributed by atoms with Gasteiger partial charge in [-0.05, 0) is 36.8 Å². The van der Waals surface area contributed by atoms with Crippen molar-refractivity contribution in [1.82, 2.24) is 4.72 Å². The number of nitrogens with one attached hydrogen (secondary N) is 1. The minimum Gasteiger partial charge on any atom is -0.496 e. The molecule has 0 unspecified atom stereocenters. The normalized spacial score (nSPS) is 15.7. The van der Waals surface area contributed by atoms with Gasteiger partial charge in [0.2, 0.25) is 0 Å². The second-order valence-electron chi connectivity index (χ2n) is 6.05. The molecule has 0 radical (unpaired) electrons. The number of halogens is 1. The van der Waals surface area contributed by atoms with Crippen LogP contribution in [0.5, 0.6) is 5.75 Å². The third kappa shape index (κ3) is 4.63. The fraction of sp³-hybridized carbons (Fsp3) is 0.263. The number of amidine groups is 1. The molecule has 2 aromatic rings. The van der Waals surface area contributed by atoms with Gasteiger partial charge < -0.3 is 9.47 Å². The molecule has 0 saturated carbocycles. The van der Waals surface area contributed by atoms with Crippen LogP contribution in [0.3, 0.4) is 0 Å². The van der Waals surface area contributed by atoms with Crippen molar-refractivity contribution in [2.45, 2.75) is 24.3 Å². The van der Waals surface area contributed by atoms with E-state index >= 15 is 0 Å². The summed E-state index contributed by atoms with van der Waals surface area (Å²) in [5.41, 5.74) is 1.22. The molecule has 0 atom stereocenters. The van der Waals surface area contributed by atoms with E-state index in [4.69, 9.17) is 21.1 Å². The Morgan fingerprint density at radius 1 is 1.21 bits per heavy atom. The molecule has 0 saturated heterocycles. The molecule has 9 heteroatoms. The molecule has 1 aliphatic heterocycles. The Morgan fingerprint density at radius 2 is 2.00 bits per heavy atom. The van der Waals surface area contributed by atoms with E-state index in [1.54, 1.807) is 36.4 Å². The molecule has 0 spiro atoms. The van der Waals surface area contributed by atoms with Crippen molar-refractivity contribution in [3.63, 3.8) is 0 Å². The van der Waals surface area contributed by atoms with E-state index in [0.717, 1.165) is 0 Å². The third-order valence-electron chi connectivity index (χ3n) is 4.10. The first kappa shape index (κ1) is 20.2. The fourth-order valence-corrected chi connectivity index (χ4v) is 4.20. The van der Waals surface area contributed by atoms with Crippen LogP contribution in [0.25, 0.3) is 0 Å². The Labute approximate surface area is 168 Å². The van der Waals surface area contributed by atoms with Crippen molar-refractivity contribution in [2.24, 2.45) is 4.99 Å². The summed E-state index contributed by atoms with van der Waals surface area (Å²) in [6.45, 7) is 0.353. The standard InChI is InChI=1S/C19H19ClN2O5S/c1-26-16-9-8-14(20)11-13(16)12-27-18(23)7-4-10-21-19-15-5-2-3-6-17(15)28(24,25)22-19/h2-3,5-6,8-9,11H,4,7,10,12H2,1H3,(H,21,22). The lowest BCUT2D eigenvalue weighted by Crippen LogP contribution is -2.22. The zero-order valence-electron chi connectivity index (χ0n) is 15.1. The quantitative estimate of drug-likeness (QED) is 0.547. The van der Waals surface area contributed by atoms with Crippen LogP contribution < -0.4 is 9.46 Å². The van der Waals surface area contributed by atoms with Gasteiger partial charge in [-0.25, -0.2) is 8.42 Å². The number of hydrogen-bond donors (Lipinski definition) is 1. The lowest BCUT2D eigenvalue weighted by Gasteiger charge is -2.09. The number of aliphatic imine (C=N–C) groups is 1. The van der Waals surface area contributed by atoms with Crippen LogP contribution in [-0.2, 0) is 26.2 Å². The second kappa shape index (κ2) is 8.62. The smallest absolute Gasteiger partial charge is 0.306 e. The predicted molar refractivity (Wildman–Crippen MR) is 105 cm³/mol. The minimum atomic E-state index is -3.55. The van der Waals surface area contributed by atoms with Gasteiger partial charge in [0.1, 0.15) is 18.2 Å². The summed E-state index contributed by atoms with van der Waals surface area (Å²) in [5.74, 6) is 0.512. The molecule has 0 aromatic heterocycles. The van der Waals surface area contributed by atoms with Gasteiger partial charge in [0.15, 0.2) is 0 Å². The first-order chi connectivity index (χ1) is 13.4. The zero-order valence-corrected chi connectivity index (χ0v) is 16.7. The lowest BCUT2D eigenvalue weighted by molar-refractivity contribution is -0.145. The highest BCUT2D eigenvalue weighted by Crippen LogP contribution is 2.24. The molecule has 2 aromatic carbocycles. The second-order valence-corrected chi connectivity index (χ2v) is 8.14. The zero-order chi connectivity index (χ0) is 20.1. The minimum absolute atomic E-state index is 0.0598. The van der Waals surface area contributed by atoms with E-state index in [9.17, 15) is 13.2 Å². The van der Waals surface area contributed by atoms with Crippen LogP contribution in [0.4, 0.5) is 0 Å². The third-order valence-corrected chi connectivity index (χ3v) is 5.73. The highest BCUT2D eigenvalue weighted by atomic mass is 35.5. The molecule has 0 bridgehead atoms. The molecule has 0 aliphatic carbocycles. The van der Waals surface area contributed by atoms with Crippen molar-refractivity contribution >= 4 is 33.4 Å². The van der Waals surface area contributed by atoms with E-state index in [-0.39, 0.29) is 23.9 Å². The first-order valence-corrected chi connectivity index (χ1v) is 10.4. The number of hydrogen-bond acceptors (Lipinski definition) is 6. The van der Waals surface area contributed by atoms with Crippen molar-refractivity contribution < 1.29 is 22.7 Å². The van der Waals surface area contributed by atoms with Crippen molar-refractivity contribution in [2.75, 3.05) is 13.7 Å². The van der Waals surface area contributed by atoms with Gasteiger partial charge in [0, 0.05) is 29.1 Å². The number of carbonyl (C=O) groups is 1. The summed E-state index contributed by atoms with van der Waals surface area (Å²) in [6, 6.07) is 11.7. The fourth-order valence-electron chi connectivity index (χ4n) is 2.76. The number of ether oxygens (including phenoxy) is 2. The number of rotatable bonds is 7. The summed E-state index contributed by atoms with van der Waals surface area (Å²) in [7, 11) is -2.02.